The van der Waals surface area contributed by atoms with Crippen molar-refractivity contribution in [3.63, 3.8) is 0 Å². The average molecular weight is 261 g/mol. The fraction of sp³-hybridized carbons (Fsp3) is 0.400. The first-order valence-electron chi connectivity index (χ1n) is 6.60. The van der Waals surface area contributed by atoms with E-state index in [2.05, 4.69) is 18.9 Å². The molecule has 4 heteroatoms. The first-order valence-corrected chi connectivity index (χ1v) is 6.60. The van der Waals surface area contributed by atoms with Crippen LogP contribution in [0.4, 0.5) is 4.39 Å². The van der Waals surface area contributed by atoms with E-state index in [9.17, 15) is 4.39 Å². The largest absolute Gasteiger partial charge is 0.330 e. The minimum Gasteiger partial charge on any atom is -0.330 e. The van der Waals surface area contributed by atoms with Gasteiger partial charge in [-0.25, -0.2) is 4.39 Å². The monoisotopic (exact) mass is 261 g/mol. The van der Waals surface area contributed by atoms with E-state index in [1.54, 1.807) is 12.1 Å². The molecule has 1 aromatic carbocycles. The third kappa shape index (κ3) is 3.20. The molecule has 3 nitrogen and oxygen atoms in total. The van der Waals surface area contributed by atoms with Crippen molar-refractivity contribution in [2.75, 3.05) is 6.54 Å². The van der Waals surface area contributed by atoms with Crippen LogP contribution in [0.15, 0.2) is 36.5 Å². The maximum atomic E-state index is 13.8. The molecule has 1 aromatic heterocycles. The van der Waals surface area contributed by atoms with Crippen molar-refractivity contribution in [1.82, 2.24) is 9.78 Å². The standard InChI is InChI=1S/C15H20FN3/c1-11(2)19-8-7-13(18-19)9-12(10-17)14-5-3-4-6-15(14)16/h3-8,11-12H,9-10,17H2,1-2H3. The molecule has 1 unspecified atom stereocenters. The number of benzene rings is 1. The van der Waals surface area contributed by atoms with E-state index in [4.69, 9.17) is 5.73 Å². The molecule has 2 rings (SSSR count). The Bertz CT molecular complexity index is 534. The Morgan fingerprint density at radius 3 is 2.58 bits per heavy atom. The number of rotatable bonds is 5. The van der Waals surface area contributed by atoms with Gasteiger partial charge in [0.25, 0.3) is 0 Å². The molecule has 0 spiro atoms. The second-order valence-corrected chi connectivity index (χ2v) is 5.04. The average Bonchev–Trinajstić information content (AvgIpc) is 2.86. The Hall–Kier alpha value is -1.68. The predicted octanol–water partition coefficient (Wildman–Crippen LogP) is 2.89. The minimum absolute atomic E-state index is 0.0308. The van der Waals surface area contributed by atoms with Crippen LogP contribution < -0.4 is 5.73 Å². The molecule has 0 aliphatic heterocycles. The maximum absolute atomic E-state index is 13.8. The highest BCUT2D eigenvalue weighted by Gasteiger charge is 2.16. The molecule has 0 fully saturated rings. The summed E-state index contributed by atoms with van der Waals surface area (Å²) in [6.45, 7) is 4.57. The Morgan fingerprint density at radius 2 is 2.00 bits per heavy atom. The van der Waals surface area contributed by atoms with E-state index >= 15 is 0 Å². The van der Waals surface area contributed by atoms with E-state index in [1.807, 2.05) is 23.0 Å². The third-order valence-corrected chi connectivity index (χ3v) is 3.28. The fourth-order valence-corrected chi connectivity index (χ4v) is 2.15. The van der Waals surface area contributed by atoms with Gasteiger partial charge in [0.05, 0.1) is 5.69 Å². The summed E-state index contributed by atoms with van der Waals surface area (Å²) >= 11 is 0. The summed E-state index contributed by atoms with van der Waals surface area (Å²) in [4.78, 5) is 0. The van der Waals surface area contributed by atoms with Crippen LogP contribution in [0.25, 0.3) is 0 Å². The van der Waals surface area contributed by atoms with E-state index in [0.717, 1.165) is 5.69 Å². The second kappa shape index (κ2) is 5.97. The molecular formula is C15H20FN3. The van der Waals surface area contributed by atoms with Gasteiger partial charge in [0.2, 0.25) is 0 Å². The molecule has 19 heavy (non-hydrogen) atoms. The lowest BCUT2D eigenvalue weighted by atomic mass is 9.94. The van der Waals surface area contributed by atoms with Crippen molar-refractivity contribution in [2.24, 2.45) is 5.73 Å². The number of aromatic nitrogens is 2. The Labute approximate surface area is 113 Å². The molecule has 0 saturated heterocycles. The van der Waals surface area contributed by atoms with Crippen molar-refractivity contribution < 1.29 is 4.39 Å². The van der Waals surface area contributed by atoms with Crippen molar-refractivity contribution >= 4 is 0 Å². The van der Waals surface area contributed by atoms with Crippen LogP contribution in [0.1, 0.15) is 37.1 Å². The summed E-state index contributed by atoms with van der Waals surface area (Å²) in [5.41, 5.74) is 7.41. The van der Waals surface area contributed by atoms with Gasteiger partial charge in [0.1, 0.15) is 5.82 Å². The van der Waals surface area contributed by atoms with E-state index in [0.29, 0.717) is 24.6 Å². The van der Waals surface area contributed by atoms with Crippen LogP contribution in [0.2, 0.25) is 0 Å². The Kier molecular flexibility index (Phi) is 4.32. The van der Waals surface area contributed by atoms with E-state index < -0.39 is 0 Å². The van der Waals surface area contributed by atoms with E-state index in [1.165, 1.54) is 6.07 Å². The molecule has 0 saturated carbocycles. The molecule has 0 radical (unpaired) electrons. The topological polar surface area (TPSA) is 43.8 Å². The molecule has 102 valence electrons. The van der Waals surface area contributed by atoms with Gasteiger partial charge < -0.3 is 5.73 Å². The van der Waals surface area contributed by atoms with Gasteiger partial charge in [-0.3, -0.25) is 4.68 Å². The van der Waals surface area contributed by atoms with E-state index in [-0.39, 0.29) is 11.7 Å². The smallest absolute Gasteiger partial charge is 0.126 e. The van der Waals surface area contributed by atoms with Gasteiger partial charge in [-0.2, -0.15) is 5.10 Å². The maximum Gasteiger partial charge on any atom is 0.126 e. The highest BCUT2D eigenvalue weighted by molar-refractivity contribution is 5.23. The molecule has 1 atom stereocenters. The molecule has 0 aliphatic carbocycles. The first kappa shape index (κ1) is 13.7. The van der Waals surface area contributed by atoms with Gasteiger partial charge in [-0.1, -0.05) is 18.2 Å². The summed E-state index contributed by atoms with van der Waals surface area (Å²) in [5, 5.41) is 4.49. The normalized spacial score (nSPS) is 12.9. The molecule has 0 bridgehead atoms. The van der Waals surface area contributed by atoms with Crippen molar-refractivity contribution in [1.29, 1.82) is 0 Å². The fourth-order valence-electron chi connectivity index (χ4n) is 2.15. The van der Waals surface area contributed by atoms with Gasteiger partial charge in [-0.15, -0.1) is 0 Å². The number of hydrogen-bond donors (Lipinski definition) is 1. The lowest BCUT2D eigenvalue weighted by Gasteiger charge is -2.14. The highest BCUT2D eigenvalue weighted by Crippen LogP contribution is 2.22. The summed E-state index contributed by atoms with van der Waals surface area (Å²) in [7, 11) is 0. The summed E-state index contributed by atoms with van der Waals surface area (Å²) in [6, 6.07) is 9.12. The van der Waals surface area contributed by atoms with Crippen molar-refractivity contribution in [3.8, 4) is 0 Å². The molecule has 0 amide bonds. The molecular weight excluding hydrogens is 241 g/mol. The predicted molar refractivity (Wildman–Crippen MR) is 74.5 cm³/mol. The SMILES string of the molecule is CC(C)n1ccc(CC(CN)c2ccccc2F)n1. The number of nitrogens with two attached hydrogens (primary N) is 1. The first-order chi connectivity index (χ1) is 9.11. The van der Waals surface area contributed by atoms with Crippen LogP contribution in [-0.4, -0.2) is 16.3 Å². The summed E-state index contributed by atoms with van der Waals surface area (Å²) in [6.07, 6.45) is 2.62. The highest BCUT2D eigenvalue weighted by atomic mass is 19.1. The van der Waals surface area contributed by atoms with Crippen LogP contribution in [0.3, 0.4) is 0 Å². The number of hydrogen-bond acceptors (Lipinski definition) is 2. The molecule has 1 heterocycles. The van der Waals surface area contributed by atoms with Crippen LogP contribution in [0.5, 0.6) is 0 Å². The zero-order valence-electron chi connectivity index (χ0n) is 11.4. The molecule has 2 N–H and O–H groups in total. The molecule has 2 aromatic rings. The number of halogens is 1. The van der Waals surface area contributed by atoms with Crippen LogP contribution in [0, 0.1) is 5.82 Å². The van der Waals surface area contributed by atoms with Gasteiger partial charge in [0, 0.05) is 18.2 Å². The quantitative estimate of drug-likeness (QED) is 0.899. The lowest BCUT2D eigenvalue weighted by Crippen LogP contribution is -2.17. The second-order valence-electron chi connectivity index (χ2n) is 5.04. The number of nitrogens with zero attached hydrogens (tertiary/aromatic N) is 2. The zero-order valence-corrected chi connectivity index (χ0v) is 11.4. The van der Waals surface area contributed by atoms with Crippen molar-refractivity contribution in [2.45, 2.75) is 32.2 Å². The van der Waals surface area contributed by atoms with Gasteiger partial charge >= 0.3 is 0 Å². The Morgan fingerprint density at radius 1 is 1.26 bits per heavy atom. The van der Waals surface area contributed by atoms with Gasteiger partial charge in [-0.05, 0) is 44.5 Å². The lowest BCUT2D eigenvalue weighted by molar-refractivity contribution is 0.519. The van der Waals surface area contributed by atoms with Gasteiger partial charge in [0.15, 0.2) is 0 Å². The minimum atomic E-state index is -0.193. The van der Waals surface area contributed by atoms with Crippen LogP contribution in [-0.2, 0) is 6.42 Å². The zero-order chi connectivity index (χ0) is 13.8. The van der Waals surface area contributed by atoms with Crippen LogP contribution >= 0.6 is 0 Å². The Balaban J connectivity index is 2.17. The molecule has 0 aliphatic rings. The van der Waals surface area contributed by atoms with Crippen molar-refractivity contribution in [3.05, 3.63) is 53.6 Å². The summed E-state index contributed by atoms with van der Waals surface area (Å²) in [5.74, 6) is -0.224. The third-order valence-electron chi connectivity index (χ3n) is 3.28. The summed E-state index contributed by atoms with van der Waals surface area (Å²) < 4.78 is 15.7.